The molecule has 6 heteroatoms. The van der Waals surface area contributed by atoms with Gasteiger partial charge in [-0.15, -0.1) is 0 Å². The van der Waals surface area contributed by atoms with E-state index < -0.39 is 18.2 Å². The van der Waals surface area contributed by atoms with Crippen LogP contribution in [0.3, 0.4) is 0 Å². The lowest BCUT2D eigenvalue weighted by Crippen LogP contribution is -2.46. The minimum absolute atomic E-state index is 0.0601. The van der Waals surface area contributed by atoms with Crippen molar-refractivity contribution in [3.05, 3.63) is 48.6 Å². The number of hydrogen-bond acceptors (Lipinski definition) is 5. The van der Waals surface area contributed by atoms with Gasteiger partial charge in [-0.25, -0.2) is 0 Å². The number of nitrogens with one attached hydrogen (secondary N) is 1. The lowest BCUT2D eigenvalue weighted by atomic mass is 10.0. The van der Waals surface area contributed by atoms with Crippen LogP contribution in [0.25, 0.3) is 0 Å². The Labute approximate surface area is 391 Å². The standard InChI is InChI=1S/C57H105NO5/c1-4-7-10-13-16-19-21-23-25-27-29-31-33-35-38-41-44-47-50-57(62)63-53(48-45-42-39-37-34-32-30-28-26-24-22-20-17-14-11-8-5-2)51-56(61)58-54(52-59)55(60)49-46-43-40-36-18-15-12-9-6-3/h17,20,24,26,29-32,53-55,59-60H,4-16,18-19,21-23,25,27-28,33-52H2,1-3H3,(H,58,61)/b20-17-,26-24-,31-29+,32-30-. The van der Waals surface area contributed by atoms with Crippen LogP contribution in [0.4, 0.5) is 0 Å². The molecule has 0 aliphatic rings. The van der Waals surface area contributed by atoms with E-state index in [1.807, 2.05) is 0 Å². The average Bonchev–Trinajstić information content (AvgIpc) is 3.28. The van der Waals surface area contributed by atoms with Crippen molar-refractivity contribution in [3.63, 3.8) is 0 Å². The largest absolute Gasteiger partial charge is 0.462 e. The molecule has 0 aliphatic heterocycles. The van der Waals surface area contributed by atoms with E-state index in [2.05, 4.69) is 74.7 Å². The maximum Gasteiger partial charge on any atom is 0.306 e. The van der Waals surface area contributed by atoms with Crippen molar-refractivity contribution in [1.29, 1.82) is 0 Å². The molecule has 0 aromatic carbocycles. The van der Waals surface area contributed by atoms with Crippen LogP contribution in [-0.4, -0.2) is 46.9 Å². The molecule has 1 amide bonds. The molecule has 0 saturated heterocycles. The fraction of sp³-hybridized carbons (Fsp3) is 0.825. The Balaban J connectivity index is 4.59. The van der Waals surface area contributed by atoms with Crippen molar-refractivity contribution in [2.45, 2.75) is 296 Å². The molecule has 0 aromatic rings. The third-order valence-electron chi connectivity index (χ3n) is 12.4. The van der Waals surface area contributed by atoms with Crippen molar-refractivity contribution >= 4 is 11.9 Å². The molecule has 0 rings (SSSR count). The maximum atomic E-state index is 13.2. The number of aliphatic hydroxyl groups is 2. The molecule has 0 fully saturated rings. The summed E-state index contributed by atoms with van der Waals surface area (Å²) in [5, 5.41) is 23.7. The van der Waals surface area contributed by atoms with E-state index in [0.717, 1.165) is 89.9 Å². The van der Waals surface area contributed by atoms with Crippen LogP contribution >= 0.6 is 0 Å². The number of unbranched alkanes of at least 4 members (excludes halogenated alkanes) is 29. The molecule has 0 saturated carbocycles. The number of hydrogen-bond donors (Lipinski definition) is 3. The summed E-state index contributed by atoms with van der Waals surface area (Å²) in [6.45, 7) is 6.44. The van der Waals surface area contributed by atoms with Gasteiger partial charge in [0.05, 0.1) is 25.2 Å². The van der Waals surface area contributed by atoms with Crippen LogP contribution in [0.5, 0.6) is 0 Å². The molecule has 0 aromatic heterocycles. The van der Waals surface area contributed by atoms with Crippen LogP contribution in [0.1, 0.15) is 278 Å². The van der Waals surface area contributed by atoms with E-state index in [1.165, 1.54) is 141 Å². The monoisotopic (exact) mass is 884 g/mol. The molecule has 0 spiro atoms. The SMILES string of the molecule is CCCCC/C=C\C/C=C\C/C=C\CCCCCCC(CC(=O)NC(CO)C(O)CCCCCCCCCCC)OC(=O)CCCCCCC/C=C/CCCCCCCCCCC. The number of esters is 1. The molecule has 0 radical (unpaired) electrons. The Kier molecular flexibility index (Phi) is 49.1. The third-order valence-corrected chi connectivity index (χ3v) is 12.4. The molecule has 0 bridgehead atoms. The van der Waals surface area contributed by atoms with E-state index in [0.29, 0.717) is 19.3 Å². The summed E-state index contributed by atoms with van der Waals surface area (Å²) in [6, 6.07) is -0.709. The van der Waals surface area contributed by atoms with Crippen molar-refractivity contribution < 1.29 is 24.5 Å². The highest BCUT2D eigenvalue weighted by Crippen LogP contribution is 2.17. The Hall–Kier alpha value is -2.18. The van der Waals surface area contributed by atoms with Crippen LogP contribution in [-0.2, 0) is 14.3 Å². The van der Waals surface area contributed by atoms with Gasteiger partial charge in [-0.2, -0.15) is 0 Å². The summed E-state index contributed by atoms with van der Waals surface area (Å²) in [5.74, 6) is -0.499. The molecule has 3 unspecified atom stereocenters. The number of amides is 1. The number of rotatable bonds is 49. The van der Waals surface area contributed by atoms with Crippen molar-refractivity contribution in [2.75, 3.05) is 6.61 Å². The first-order chi connectivity index (χ1) is 31.0. The minimum Gasteiger partial charge on any atom is -0.462 e. The first-order valence-electron chi connectivity index (χ1n) is 27.4. The fourth-order valence-electron chi connectivity index (χ4n) is 8.20. The van der Waals surface area contributed by atoms with Gasteiger partial charge >= 0.3 is 5.97 Å². The molecule has 3 atom stereocenters. The van der Waals surface area contributed by atoms with E-state index >= 15 is 0 Å². The number of allylic oxidation sites excluding steroid dienone is 8. The summed E-state index contributed by atoms with van der Waals surface area (Å²) in [6.07, 6.45) is 61.8. The smallest absolute Gasteiger partial charge is 0.306 e. The summed E-state index contributed by atoms with van der Waals surface area (Å²) >= 11 is 0. The second-order valence-electron chi connectivity index (χ2n) is 18.6. The molecule has 368 valence electrons. The van der Waals surface area contributed by atoms with Gasteiger partial charge in [0.1, 0.15) is 6.10 Å². The topological polar surface area (TPSA) is 95.9 Å². The number of ether oxygens (including phenoxy) is 1. The third kappa shape index (κ3) is 46.2. The van der Waals surface area contributed by atoms with Gasteiger partial charge in [-0.05, 0) is 89.9 Å². The molecule has 63 heavy (non-hydrogen) atoms. The molecule has 0 heterocycles. The van der Waals surface area contributed by atoms with Crippen molar-refractivity contribution in [3.8, 4) is 0 Å². The van der Waals surface area contributed by atoms with Crippen LogP contribution < -0.4 is 5.32 Å². The number of carbonyl (C=O) groups excluding carboxylic acids is 2. The summed E-state index contributed by atoms with van der Waals surface area (Å²) in [7, 11) is 0. The number of carbonyl (C=O) groups is 2. The van der Waals surface area contributed by atoms with E-state index in [1.54, 1.807) is 0 Å². The maximum absolute atomic E-state index is 13.2. The van der Waals surface area contributed by atoms with Crippen molar-refractivity contribution in [2.24, 2.45) is 0 Å². The first kappa shape index (κ1) is 60.8. The van der Waals surface area contributed by atoms with Crippen LogP contribution in [0, 0.1) is 0 Å². The Bertz CT molecular complexity index is 1080. The lowest BCUT2D eigenvalue weighted by Gasteiger charge is -2.24. The van der Waals surface area contributed by atoms with Gasteiger partial charge in [-0.3, -0.25) is 9.59 Å². The van der Waals surface area contributed by atoms with Gasteiger partial charge in [-0.1, -0.05) is 223 Å². The predicted octanol–water partition coefficient (Wildman–Crippen LogP) is 16.6. The molecular weight excluding hydrogens is 779 g/mol. The normalized spacial score (nSPS) is 13.5. The van der Waals surface area contributed by atoms with Gasteiger partial charge < -0.3 is 20.3 Å². The minimum atomic E-state index is -0.794. The second-order valence-corrected chi connectivity index (χ2v) is 18.6. The van der Waals surface area contributed by atoms with Gasteiger partial charge in [0.25, 0.3) is 0 Å². The highest BCUT2D eigenvalue weighted by Gasteiger charge is 2.24. The zero-order valence-electron chi connectivity index (χ0n) is 42.0. The molecule has 0 aliphatic carbocycles. The van der Waals surface area contributed by atoms with Crippen molar-refractivity contribution in [1.82, 2.24) is 5.32 Å². The summed E-state index contributed by atoms with van der Waals surface area (Å²) in [5.41, 5.74) is 0. The quantitative estimate of drug-likeness (QED) is 0.0321. The van der Waals surface area contributed by atoms with Crippen LogP contribution in [0.15, 0.2) is 48.6 Å². The zero-order chi connectivity index (χ0) is 45.9. The molecular formula is C57H105NO5. The zero-order valence-corrected chi connectivity index (χ0v) is 42.0. The number of aliphatic hydroxyl groups excluding tert-OH is 2. The highest BCUT2D eigenvalue weighted by molar-refractivity contribution is 5.77. The Morgan fingerprint density at radius 2 is 0.810 bits per heavy atom. The van der Waals surface area contributed by atoms with E-state index in [9.17, 15) is 19.8 Å². The Morgan fingerprint density at radius 1 is 0.460 bits per heavy atom. The predicted molar refractivity (Wildman–Crippen MR) is 273 cm³/mol. The molecule has 6 nitrogen and oxygen atoms in total. The van der Waals surface area contributed by atoms with Gasteiger partial charge in [0, 0.05) is 6.42 Å². The highest BCUT2D eigenvalue weighted by atomic mass is 16.5. The second kappa shape index (κ2) is 50.8. The summed E-state index contributed by atoms with van der Waals surface area (Å²) in [4.78, 5) is 26.2. The van der Waals surface area contributed by atoms with E-state index in [4.69, 9.17) is 4.74 Å². The lowest BCUT2D eigenvalue weighted by molar-refractivity contribution is -0.151. The molecule has 3 N–H and O–H groups in total. The van der Waals surface area contributed by atoms with Gasteiger partial charge in [0.2, 0.25) is 5.91 Å². The van der Waals surface area contributed by atoms with E-state index in [-0.39, 0.29) is 24.9 Å². The van der Waals surface area contributed by atoms with Gasteiger partial charge in [0.15, 0.2) is 0 Å². The fourth-order valence-corrected chi connectivity index (χ4v) is 8.20. The first-order valence-corrected chi connectivity index (χ1v) is 27.4. The average molecular weight is 884 g/mol. The Morgan fingerprint density at radius 3 is 1.27 bits per heavy atom. The van der Waals surface area contributed by atoms with Crippen LogP contribution in [0.2, 0.25) is 0 Å². The summed E-state index contributed by atoms with van der Waals surface area (Å²) < 4.78 is 5.94.